The standard InChI is InChI=1S/C20H25N5/c1-15-5-8-19-22-13-18(25(19)14-15)12-21-11-17-7-6-16(2)23-20(17)24-9-3-4-10-24/h5-8,13-14,21H,3-4,9-12H2,1-2H3. The van der Waals surface area contributed by atoms with Crippen LogP contribution in [0.5, 0.6) is 0 Å². The van der Waals surface area contributed by atoms with E-state index >= 15 is 0 Å². The number of hydrogen-bond donors (Lipinski definition) is 1. The molecule has 0 aromatic carbocycles. The topological polar surface area (TPSA) is 45.5 Å². The third-order valence-electron chi connectivity index (χ3n) is 4.85. The molecule has 0 spiro atoms. The Labute approximate surface area is 148 Å². The molecule has 25 heavy (non-hydrogen) atoms. The highest BCUT2D eigenvalue weighted by atomic mass is 15.2. The highest BCUT2D eigenvalue weighted by molar-refractivity contribution is 5.48. The molecule has 1 aliphatic heterocycles. The van der Waals surface area contributed by atoms with Crippen LogP contribution in [0.3, 0.4) is 0 Å². The van der Waals surface area contributed by atoms with Crippen molar-refractivity contribution in [3.05, 3.63) is 59.2 Å². The van der Waals surface area contributed by atoms with Gasteiger partial charge in [0, 0.05) is 43.6 Å². The molecule has 1 fully saturated rings. The van der Waals surface area contributed by atoms with E-state index in [0.29, 0.717) is 0 Å². The van der Waals surface area contributed by atoms with E-state index in [0.717, 1.165) is 43.3 Å². The first kappa shape index (κ1) is 16.1. The molecule has 4 rings (SSSR count). The van der Waals surface area contributed by atoms with Gasteiger partial charge in [0.2, 0.25) is 0 Å². The monoisotopic (exact) mass is 335 g/mol. The fourth-order valence-corrected chi connectivity index (χ4v) is 3.51. The van der Waals surface area contributed by atoms with Crippen LogP contribution in [0.25, 0.3) is 5.65 Å². The maximum atomic E-state index is 4.80. The summed E-state index contributed by atoms with van der Waals surface area (Å²) in [6.07, 6.45) is 6.63. The van der Waals surface area contributed by atoms with E-state index in [1.165, 1.54) is 29.7 Å². The Morgan fingerprint density at radius 3 is 2.72 bits per heavy atom. The van der Waals surface area contributed by atoms with E-state index in [2.05, 4.69) is 63.9 Å². The van der Waals surface area contributed by atoms with Gasteiger partial charge in [-0.2, -0.15) is 0 Å². The summed E-state index contributed by atoms with van der Waals surface area (Å²) in [5.74, 6) is 1.15. The van der Waals surface area contributed by atoms with Gasteiger partial charge in [-0.25, -0.2) is 9.97 Å². The Hall–Kier alpha value is -2.40. The number of hydrogen-bond acceptors (Lipinski definition) is 4. The number of fused-ring (bicyclic) bond motifs is 1. The van der Waals surface area contributed by atoms with Crippen molar-refractivity contribution in [3.8, 4) is 0 Å². The molecule has 0 radical (unpaired) electrons. The highest BCUT2D eigenvalue weighted by Gasteiger charge is 2.17. The average Bonchev–Trinajstić information content (AvgIpc) is 3.26. The molecule has 0 amide bonds. The van der Waals surface area contributed by atoms with Crippen molar-refractivity contribution >= 4 is 11.5 Å². The van der Waals surface area contributed by atoms with Crippen LogP contribution >= 0.6 is 0 Å². The van der Waals surface area contributed by atoms with Gasteiger partial charge in [0.1, 0.15) is 11.5 Å². The molecular weight excluding hydrogens is 310 g/mol. The zero-order valence-electron chi connectivity index (χ0n) is 15.0. The molecule has 1 saturated heterocycles. The van der Waals surface area contributed by atoms with E-state index in [9.17, 15) is 0 Å². The van der Waals surface area contributed by atoms with E-state index in [4.69, 9.17) is 4.98 Å². The number of imidazole rings is 1. The molecule has 5 nitrogen and oxygen atoms in total. The maximum Gasteiger partial charge on any atom is 0.136 e. The van der Waals surface area contributed by atoms with Gasteiger partial charge in [-0.15, -0.1) is 0 Å². The summed E-state index contributed by atoms with van der Waals surface area (Å²) in [5.41, 5.74) is 5.78. The van der Waals surface area contributed by atoms with Gasteiger partial charge < -0.3 is 14.6 Å². The fraction of sp³-hybridized carbons (Fsp3) is 0.400. The predicted octanol–water partition coefficient (Wildman–Crippen LogP) is 3.24. The highest BCUT2D eigenvalue weighted by Crippen LogP contribution is 2.23. The largest absolute Gasteiger partial charge is 0.356 e. The number of anilines is 1. The van der Waals surface area contributed by atoms with Crippen LogP contribution in [-0.2, 0) is 13.1 Å². The normalized spacial score (nSPS) is 14.6. The first-order chi connectivity index (χ1) is 12.2. The Morgan fingerprint density at radius 1 is 1.04 bits per heavy atom. The van der Waals surface area contributed by atoms with E-state index in [-0.39, 0.29) is 0 Å². The Balaban J connectivity index is 1.48. The number of aryl methyl sites for hydroxylation is 2. The van der Waals surface area contributed by atoms with Crippen molar-refractivity contribution in [1.82, 2.24) is 19.7 Å². The van der Waals surface area contributed by atoms with Crippen molar-refractivity contribution in [2.75, 3.05) is 18.0 Å². The second-order valence-electron chi connectivity index (χ2n) is 6.92. The number of nitrogens with zero attached hydrogens (tertiary/aromatic N) is 4. The molecule has 1 aliphatic rings. The SMILES string of the molecule is Cc1ccc2ncc(CNCc3ccc(C)nc3N3CCCC3)n2c1. The van der Waals surface area contributed by atoms with Gasteiger partial charge in [-0.05, 0) is 44.4 Å². The molecule has 3 aromatic rings. The Kier molecular flexibility index (Phi) is 4.40. The van der Waals surface area contributed by atoms with Crippen LogP contribution in [0.15, 0.2) is 36.7 Å². The van der Waals surface area contributed by atoms with Crippen LogP contribution in [-0.4, -0.2) is 27.5 Å². The molecule has 0 aliphatic carbocycles. The smallest absolute Gasteiger partial charge is 0.136 e. The summed E-state index contributed by atoms with van der Waals surface area (Å²) >= 11 is 0. The minimum atomic E-state index is 0.790. The lowest BCUT2D eigenvalue weighted by Gasteiger charge is -2.20. The van der Waals surface area contributed by atoms with Crippen molar-refractivity contribution in [2.45, 2.75) is 39.8 Å². The minimum absolute atomic E-state index is 0.790. The Morgan fingerprint density at radius 2 is 1.88 bits per heavy atom. The second-order valence-corrected chi connectivity index (χ2v) is 6.92. The molecule has 5 heteroatoms. The predicted molar refractivity (Wildman–Crippen MR) is 101 cm³/mol. The van der Waals surface area contributed by atoms with Gasteiger partial charge >= 0.3 is 0 Å². The van der Waals surface area contributed by atoms with E-state index in [1.54, 1.807) is 0 Å². The summed E-state index contributed by atoms with van der Waals surface area (Å²) in [4.78, 5) is 11.7. The van der Waals surface area contributed by atoms with Crippen LogP contribution in [0.1, 0.15) is 35.4 Å². The first-order valence-corrected chi connectivity index (χ1v) is 9.05. The van der Waals surface area contributed by atoms with Gasteiger partial charge in [-0.1, -0.05) is 12.1 Å². The fourth-order valence-electron chi connectivity index (χ4n) is 3.51. The minimum Gasteiger partial charge on any atom is -0.356 e. The summed E-state index contributed by atoms with van der Waals surface area (Å²) in [6.45, 7) is 8.02. The van der Waals surface area contributed by atoms with Gasteiger partial charge in [0.25, 0.3) is 0 Å². The number of rotatable bonds is 5. The van der Waals surface area contributed by atoms with Crippen molar-refractivity contribution in [1.29, 1.82) is 0 Å². The molecule has 0 atom stereocenters. The van der Waals surface area contributed by atoms with E-state index in [1.807, 2.05) is 6.20 Å². The quantitative estimate of drug-likeness (QED) is 0.777. The molecule has 1 N–H and O–H groups in total. The maximum absolute atomic E-state index is 4.80. The summed E-state index contributed by atoms with van der Waals surface area (Å²) in [6, 6.07) is 8.48. The molecular formula is C20H25N5. The van der Waals surface area contributed by atoms with Gasteiger partial charge in [-0.3, -0.25) is 0 Å². The molecule has 4 heterocycles. The second kappa shape index (κ2) is 6.84. The molecule has 0 bridgehead atoms. The Bertz CT molecular complexity index is 877. The number of pyridine rings is 2. The third-order valence-corrected chi connectivity index (χ3v) is 4.85. The molecule has 3 aromatic heterocycles. The van der Waals surface area contributed by atoms with Crippen LogP contribution < -0.4 is 10.2 Å². The molecule has 0 unspecified atom stereocenters. The van der Waals surface area contributed by atoms with E-state index < -0.39 is 0 Å². The lowest BCUT2D eigenvalue weighted by Crippen LogP contribution is -2.23. The van der Waals surface area contributed by atoms with Crippen LogP contribution in [0.4, 0.5) is 5.82 Å². The lowest BCUT2D eigenvalue weighted by atomic mass is 10.2. The number of aromatic nitrogens is 3. The summed E-state index contributed by atoms with van der Waals surface area (Å²) in [5, 5.41) is 3.57. The lowest BCUT2D eigenvalue weighted by molar-refractivity contribution is 0.671. The van der Waals surface area contributed by atoms with Crippen molar-refractivity contribution < 1.29 is 0 Å². The summed E-state index contributed by atoms with van der Waals surface area (Å²) in [7, 11) is 0. The molecule has 130 valence electrons. The average molecular weight is 335 g/mol. The van der Waals surface area contributed by atoms with Crippen molar-refractivity contribution in [2.24, 2.45) is 0 Å². The van der Waals surface area contributed by atoms with Gasteiger partial charge in [0.05, 0.1) is 11.9 Å². The first-order valence-electron chi connectivity index (χ1n) is 9.05. The zero-order valence-corrected chi connectivity index (χ0v) is 15.0. The molecule has 0 saturated carbocycles. The third kappa shape index (κ3) is 3.37. The van der Waals surface area contributed by atoms with Crippen LogP contribution in [0.2, 0.25) is 0 Å². The zero-order chi connectivity index (χ0) is 17.2. The van der Waals surface area contributed by atoms with Gasteiger partial charge in [0.15, 0.2) is 0 Å². The summed E-state index contributed by atoms with van der Waals surface area (Å²) < 4.78 is 2.16. The number of nitrogens with one attached hydrogen (secondary N) is 1. The van der Waals surface area contributed by atoms with Crippen molar-refractivity contribution in [3.63, 3.8) is 0 Å². The van der Waals surface area contributed by atoms with Crippen LogP contribution in [0, 0.1) is 13.8 Å².